The van der Waals surface area contributed by atoms with Crippen molar-refractivity contribution in [2.45, 2.75) is 58.2 Å². The summed E-state index contributed by atoms with van der Waals surface area (Å²) in [6.07, 6.45) is 1.57. The predicted molar refractivity (Wildman–Crippen MR) is 137 cm³/mol. The molecule has 1 atom stereocenters. The number of rotatable bonds is 8. The lowest BCUT2D eigenvalue weighted by molar-refractivity contribution is -0.441. The predicted octanol–water partition coefficient (Wildman–Crippen LogP) is 2.23. The van der Waals surface area contributed by atoms with Gasteiger partial charge in [-0.05, 0) is 46.8 Å². The topological polar surface area (TPSA) is 138 Å². The third kappa shape index (κ3) is 5.85. The van der Waals surface area contributed by atoms with Crippen LogP contribution in [0.2, 0.25) is 0 Å². The number of hydrogen-bond acceptors (Lipinski definition) is 7. The maximum Gasteiger partial charge on any atom is 0.303 e. The van der Waals surface area contributed by atoms with Crippen molar-refractivity contribution in [3.8, 4) is 0 Å². The molecule has 0 bridgehead atoms. The van der Waals surface area contributed by atoms with Crippen LogP contribution >= 0.6 is 0 Å². The molecule has 0 spiro atoms. The molecule has 0 amide bonds. The van der Waals surface area contributed by atoms with Crippen molar-refractivity contribution >= 4 is 17.6 Å². The van der Waals surface area contributed by atoms with E-state index in [0.717, 1.165) is 33.0 Å². The number of H-pyrrole nitrogens is 2. The maximum atomic E-state index is 15.3. The van der Waals surface area contributed by atoms with E-state index in [4.69, 9.17) is 11.5 Å². The Morgan fingerprint density at radius 1 is 1.22 bits per heavy atom. The maximum absolute atomic E-state index is 15.3. The molecule has 1 aromatic carbocycles. The smallest absolute Gasteiger partial charge is 0.303 e. The second kappa shape index (κ2) is 10.6. The summed E-state index contributed by atoms with van der Waals surface area (Å²) in [4.78, 5) is 16.5. The Labute approximate surface area is 214 Å². The Kier molecular flexibility index (Phi) is 8.13. The van der Waals surface area contributed by atoms with Crippen molar-refractivity contribution < 1.29 is 23.4 Å². The van der Waals surface area contributed by atoms with Crippen molar-refractivity contribution in [2.24, 2.45) is 5.73 Å². The summed E-state index contributed by atoms with van der Waals surface area (Å²) in [5, 5.41) is 18.0. The molecular weight excluding hydrogens is 487 g/mol. The van der Waals surface area contributed by atoms with Crippen LogP contribution in [-0.4, -0.2) is 57.8 Å². The Balaban J connectivity index is 1.92. The lowest BCUT2D eigenvalue weighted by Crippen LogP contribution is -2.49. The zero-order chi connectivity index (χ0) is 27.7. The molecule has 1 saturated heterocycles. The van der Waals surface area contributed by atoms with E-state index >= 15 is 4.39 Å². The van der Waals surface area contributed by atoms with Crippen LogP contribution in [0, 0.1) is 5.82 Å². The Morgan fingerprint density at radius 3 is 2.41 bits per heavy atom. The van der Waals surface area contributed by atoms with Gasteiger partial charge in [0, 0.05) is 37.8 Å². The number of benzene rings is 1. The van der Waals surface area contributed by atoms with Gasteiger partial charge < -0.3 is 21.5 Å². The standard InChI is InChI=1S/C25H36F3N7O2/c1-14(2)34-9-11-35(12-10-34)19(29)13-17-21(30)23(36)33-32-22(17)31-15(3)16-7-6-8-18(20(16)26)25(27,28)24(4,5)37/h6-8,13-15,37H,9-12,29H2,1-5H3,(H,33,36)(H3,30,31,32)/p+1/b19-13+/t15-/m1/s1. The van der Waals surface area contributed by atoms with Crippen LogP contribution in [0.1, 0.15) is 57.4 Å². The summed E-state index contributed by atoms with van der Waals surface area (Å²) in [5.41, 5.74) is 8.55. The number of nitrogens with two attached hydrogens (primary N) is 2. The molecule has 1 fully saturated rings. The number of halogens is 3. The van der Waals surface area contributed by atoms with E-state index in [1.807, 2.05) is 4.90 Å². The molecule has 1 aromatic heterocycles. The molecule has 204 valence electrons. The van der Waals surface area contributed by atoms with Crippen molar-refractivity contribution in [2.75, 3.05) is 37.2 Å². The molecule has 0 radical (unpaired) electrons. The number of aromatic amines is 2. The molecule has 2 heterocycles. The molecule has 0 unspecified atom stereocenters. The van der Waals surface area contributed by atoms with Crippen molar-refractivity contribution in [3.05, 3.63) is 56.9 Å². The Morgan fingerprint density at radius 2 is 1.84 bits per heavy atom. The lowest BCUT2D eigenvalue weighted by Gasteiger charge is -2.38. The van der Waals surface area contributed by atoms with E-state index in [2.05, 4.69) is 34.3 Å². The van der Waals surface area contributed by atoms with Crippen LogP contribution in [0.5, 0.6) is 0 Å². The number of alkyl halides is 2. The molecule has 2 aromatic rings. The normalized spacial score (nSPS) is 16.8. The number of nitrogens with zero attached hydrogens (tertiary/aromatic N) is 2. The van der Waals surface area contributed by atoms with E-state index < -0.39 is 34.5 Å². The van der Waals surface area contributed by atoms with Gasteiger partial charge in [0.15, 0.2) is 0 Å². The summed E-state index contributed by atoms with van der Waals surface area (Å²) in [6, 6.07) is 3.20. The van der Waals surface area contributed by atoms with Gasteiger partial charge in [-0.1, -0.05) is 12.1 Å². The van der Waals surface area contributed by atoms with Crippen LogP contribution in [0.15, 0.2) is 28.8 Å². The molecule has 1 aliphatic heterocycles. The lowest BCUT2D eigenvalue weighted by atomic mass is 9.91. The minimum absolute atomic E-state index is 0.0627. The van der Waals surface area contributed by atoms with Gasteiger partial charge in [0.1, 0.15) is 23.1 Å². The minimum atomic E-state index is -3.83. The van der Waals surface area contributed by atoms with E-state index in [9.17, 15) is 18.7 Å². The largest absolute Gasteiger partial charge is 0.393 e. The fourth-order valence-electron chi connectivity index (χ4n) is 4.26. The molecule has 1 aliphatic rings. The fraction of sp³-hybridized carbons (Fsp3) is 0.520. The highest BCUT2D eigenvalue weighted by Gasteiger charge is 2.49. The third-order valence-electron chi connectivity index (χ3n) is 6.77. The molecule has 9 nitrogen and oxygen atoms in total. The van der Waals surface area contributed by atoms with E-state index in [0.29, 0.717) is 25.0 Å². The summed E-state index contributed by atoms with van der Waals surface area (Å²) in [7, 11) is 0. The van der Waals surface area contributed by atoms with Gasteiger partial charge in [-0.25, -0.2) is 4.39 Å². The highest BCUT2D eigenvalue weighted by molar-refractivity contribution is 5.72. The van der Waals surface area contributed by atoms with E-state index in [-0.39, 0.29) is 22.6 Å². The quantitative estimate of drug-likeness (QED) is 0.357. The average Bonchev–Trinajstić information content (AvgIpc) is 2.82. The van der Waals surface area contributed by atoms with Gasteiger partial charge in [-0.3, -0.25) is 15.0 Å². The van der Waals surface area contributed by atoms with Crippen LogP contribution in [-0.2, 0) is 5.92 Å². The summed E-state index contributed by atoms with van der Waals surface area (Å²) < 4.78 is 44.8. The monoisotopic (exact) mass is 524 g/mol. The van der Waals surface area contributed by atoms with Crippen LogP contribution < -0.4 is 27.4 Å². The van der Waals surface area contributed by atoms with Crippen molar-refractivity contribution in [3.63, 3.8) is 0 Å². The molecule has 0 aliphatic carbocycles. The third-order valence-corrected chi connectivity index (χ3v) is 6.77. The Bertz CT molecular complexity index is 1200. The van der Waals surface area contributed by atoms with Gasteiger partial charge in [0.05, 0.1) is 16.9 Å². The van der Waals surface area contributed by atoms with Gasteiger partial charge in [0.25, 0.3) is 0 Å². The number of nitrogen functional groups attached to an aromatic ring is 1. The number of aromatic nitrogens is 2. The number of hydrogen-bond donors (Lipinski definition) is 5. The molecule has 8 N–H and O–H groups in total. The number of anilines is 2. The molecule has 3 rings (SSSR count). The number of nitrogens with one attached hydrogen (secondary N) is 3. The van der Waals surface area contributed by atoms with Crippen LogP contribution in [0.3, 0.4) is 0 Å². The van der Waals surface area contributed by atoms with E-state index in [1.54, 1.807) is 13.0 Å². The van der Waals surface area contributed by atoms with Gasteiger partial charge in [0.2, 0.25) is 0 Å². The first kappa shape index (κ1) is 28.3. The average molecular weight is 525 g/mol. The first-order valence-corrected chi connectivity index (χ1v) is 12.2. The SMILES string of the molecule is CC(C)N1CCN(/C(N)=C/c2c(N[C@H](C)c3cccc(C(F)(F)C(C)(C)O)c3F)[nH+][nH]c(=O)c2N)CC1. The second-order valence-electron chi connectivity index (χ2n) is 10.2. The van der Waals surface area contributed by atoms with Crippen molar-refractivity contribution in [1.82, 2.24) is 14.9 Å². The Hall–Kier alpha value is -3.25. The number of piperazine rings is 1. The first-order valence-electron chi connectivity index (χ1n) is 12.2. The highest BCUT2D eigenvalue weighted by Crippen LogP contribution is 2.41. The summed E-state index contributed by atoms with van der Waals surface area (Å²) >= 11 is 0. The van der Waals surface area contributed by atoms with E-state index in [1.165, 1.54) is 12.1 Å². The summed E-state index contributed by atoms with van der Waals surface area (Å²) in [5.74, 6) is -4.34. The van der Waals surface area contributed by atoms with Crippen LogP contribution in [0.4, 0.5) is 24.7 Å². The zero-order valence-electron chi connectivity index (χ0n) is 21.8. The van der Waals surface area contributed by atoms with Gasteiger partial charge >= 0.3 is 17.3 Å². The second-order valence-corrected chi connectivity index (χ2v) is 10.2. The fourth-order valence-corrected chi connectivity index (χ4v) is 4.26. The van der Waals surface area contributed by atoms with Gasteiger partial charge in [-0.15, -0.1) is 0 Å². The molecular formula is C25H37F3N7O2+. The molecule has 37 heavy (non-hydrogen) atoms. The molecule has 12 heteroatoms. The zero-order valence-corrected chi connectivity index (χ0v) is 21.8. The highest BCUT2D eigenvalue weighted by atomic mass is 19.3. The summed E-state index contributed by atoms with van der Waals surface area (Å²) in [6.45, 7) is 10.7. The van der Waals surface area contributed by atoms with Crippen LogP contribution in [0.25, 0.3) is 6.08 Å². The minimum Gasteiger partial charge on any atom is -0.393 e. The van der Waals surface area contributed by atoms with Crippen molar-refractivity contribution in [1.29, 1.82) is 0 Å². The first-order chi connectivity index (χ1) is 17.1. The number of aliphatic hydroxyl groups is 1. The van der Waals surface area contributed by atoms with Gasteiger partial charge in [-0.2, -0.15) is 19.0 Å². The molecule has 0 saturated carbocycles.